The van der Waals surface area contributed by atoms with Crippen LogP contribution in [0.15, 0.2) is 229 Å². The van der Waals surface area contributed by atoms with Crippen LogP contribution in [-0.4, -0.2) is 15.0 Å². The first-order valence-electron chi connectivity index (χ1n) is 21.3. The molecule has 0 saturated carbocycles. The van der Waals surface area contributed by atoms with E-state index in [1.54, 1.807) is 0 Å². The molecule has 0 fully saturated rings. The molecule has 0 N–H and O–H groups in total. The van der Waals surface area contributed by atoms with E-state index in [0.717, 1.165) is 83.0 Å². The highest BCUT2D eigenvalue weighted by atomic mass is 16.3. The van der Waals surface area contributed by atoms with Gasteiger partial charge in [0.25, 0.3) is 0 Å². The first-order valence-corrected chi connectivity index (χ1v) is 21.3. The average molecular weight is 804 g/mol. The van der Waals surface area contributed by atoms with Gasteiger partial charge in [-0.25, -0.2) is 15.0 Å². The lowest BCUT2D eigenvalue weighted by Gasteiger charge is -2.15. The van der Waals surface area contributed by atoms with E-state index in [1.807, 2.05) is 24.3 Å². The lowest BCUT2D eigenvalue weighted by atomic mass is 9.94. The molecule has 0 unspecified atom stereocenters. The molecule has 0 aliphatic heterocycles. The van der Waals surface area contributed by atoms with Gasteiger partial charge in [-0.05, 0) is 96.4 Å². The van der Waals surface area contributed by atoms with Crippen molar-refractivity contribution in [1.29, 1.82) is 0 Å². The van der Waals surface area contributed by atoms with Crippen LogP contribution in [-0.2, 0) is 0 Å². The molecular formula is C59H37N3O. The van der Waals surface area contributed by atoms with E-state index in [1.165, 1.54) is 21.7 Å². The molecule has 2 aromatic heterocycles. The standard InChI is InChI=1S/C59H37N3O/c1-2-15-38(16-3-1)47-22-6-8-24-51(47)58-60-57(61-59(62-58)52-25-9-7-23-50(52)49-28-13-18-39-17-4-5-21-46(39)49)45-20-12-19-40(37-45)41-31-32-43-36-44(34-33-42(43)35-41)48-27-14-30-55-56(48)53-26-10-11-29-54(53)63-55/h1-37H. The largest absolute Gasteiger partial charge is 0.456 e. The summed E-state index contributed by atoms with van der Waals surface area (Å²) in [5.41, 5.74) is 13.5. The minimum absolute atomic E-state index is 0.610. The fourth-order valence-corrected chi connectivity index (χ4v) is 9.11. The smallest absolute Gasteiger partial charge is 0.164 e. The van der Waals surface area contributed by atoms with Crippen molar-refractivity contribution in [3.63, 3.8) is 0 Å². The lowest BCUT2D eigenvalue weighted by Crippen LogP contribution is -2.02. The van der Waals surface area contributed by atoms with Crippen LogP contribution >= 0.6 is 0 Å². The van der Waals surface area contributed by atoms with Crippen LogP contribution in [0.5, 0.6) is 0 Å². The van der Waals surface area contributed by atoms with Crippen LogP contribution < -0.4 is 0 Å². The van der Waals surface area contributed by atoms with Crippen molar-refractivity contribution >= 4 is 43.5 Å². The van der Waals surface area contributed by atoms with Gasteiger partial charge in [-0.3, -0.25) is 0 Å². The number of rotatable bonds is 7. The van der Waals surface area contributed by atoms with Gasteiger partial charge in [0.05, 0.1) is 0 Å². The summed E-state index contributed by atoms with van der Waals surface area (Å²) in [6.07, 6.45) is 0. The van der Waals surface area contributed by atoms with E-state index >= 15 is 0 Å². The van der Waals surface area contributed by atoms with Gasteiger partial charge in [-0.15, -0.1) is 0 Å². The van der Waals surface area contributed by atoms with Gasteiger partial charge in [-0.2, -0.15) is 0 Å². The Balaban J connectivity index is 0.978. The maximum Gasteiger partial charge on any atom is 0.164 e. The molecule has 0 spiro atoms. The topological polar surface area (TPSA) is 51.8 Å². The number of nitrogens with zero attached hydrogens (tertiary/aromatic N) is 3. The molecular weight excluding hydrogens is 767 g/mol. The van der Waals surface area contributed by atoms with Crippen LogP contribution in [0.4, 0.5) is 0 Å². The molecule has 0 bridgehead atoms. The van der Waals surface area contributed by atoms with Gasteiger partial charge in [0.2, 0.25) is 0 Å². The zero-order valence-corrected chi connectivity index (χ0v) is 34.1. The maximum absolute atomic E-state index is 6.21. The van der Waals surface area contributed by atoms with E-state index in [2.05, 4.69) is 200 Å². The molecule has 0 saturated heterocycles. The first-order chi connectivity index (χ1) is 31.2. The second-order valence-electron chi connectivity index (χ2n) is 15.9. The Morgan fingerprint density at radius 1 is 0.254 bits per heavy atom. The van der Waals surface area contributed by atoms with Gasteiger partial charge < -0.3 is 4.42 Å². The van der Waals surface area contributed by atoms with Gasteiger partial charge in [0, 0.05) is 27.5 Å². The van der Waals surface area contributed by atoms with Crippen LogP contribution in [0.2, 0.25) is 0 Å². The number of hydrogen-bond donors (Lipinski definition) is 0. The molecule has 0 amide bonds. The summed E-state index contributed by atoms with van der Waals surface area (Å²) in [6.45, 7) is 0. The van der Waals surface area contributed by atoms with Gasteiger partial charge in [0.15, 0.2) is 17.5 Å². The summed E-state index contributed by atoms with van der Waals surface area (Å²) >= 11 is 0. The summed E-state index contributed by atoms with van der Waals surface area (Å²) in [5.74, 6) is 1.85. The number of hydrogen-bond acceptors (Lipinski definition) is 4. The Labute approximate surface area is 364 Å². The quantitative estimate of drug-likeness (QED) is 0.161. The van der Waals surface area contributed by atoms with Crippen molar-refractivity contribution in [1.82, 2.24) is 15.0 Å². The van der Waals surface area contributed by atoms with Crippen LogP contribution in [0.1, 0.15) is 0 Å². The van der Waals surface area contributed by atoms with Crippen LogP contribution in [0.25, 0.3) is 122 Å². The van der Waals surface area contributed by atoms with Gasteiger partial charge in [0.1, 0.15) is 11.2 Å². The summed E-state index contributed by atoms with van der Waals surface area (Å²) < 4.78 is 6.21. The zero-order chi connectivity index (χ0) is 41.7. The Hall–Kier alpha value is -8.47. The molecule has 2 heterocycles. The number of furan rings is 1. The Bertz CT molecular complexity index is 3690. The third-order valence-electron chi connectivity index (χ3n) is 12.1. The van der Waals surface area contributed by atoms with E-state index < -0.39 is 0 Å². The summed E-state index contributed by atoms with van der Waals surface area (Å²) in [6, 6.07) is 78.8. The van der Waals surface area contributed by atoms with Gasteiger partial charge >= 0.3 is 0 Å². The predicted octanol–water partition coefficient (Wildman–Crippen LogP) is 15.7. The van der Waals surface area contributed by atoms with Crippen molar-refractivity contribution < 1.29 is 4.42 Å². The van der Waals surface area contributed by atoms with E-state index in [9.17, 15) is 0 Å². The van der Waals surface area contributed by atoms with Crippen molar-refractivity contribution in [3.8, 4) is 78.7 Å². The van der Waals surface area contributed by atoms with E-state index in [0.29, 0.717) is 17.5 Å². The summed E-state index contributed by atoms with van der Waals surface area (Å²) in [7, 11) is 0. The molecule has 10 aromatic carbocycles. The fourth-order valence-electron chi connectivity index (χ4n) is 9.11. The SMILES string of the molecule is c1ccc(-c2ccccc2-c2nc(-c3cccc(-c4ccc5cc(-c6cccc7oc8ccccc8c67)ccc5c4)c3)nc(-c3ccccc3-c3cccc4ccccc34)n2)cc1. The molecule has 0 radical (unpaired) electrons. The number of para-hydroxylation sites is 1. The molecule has 4 nitrogen and oxygen atoms in total. The normalized spacial score (nSPS) is 11.5. The molecule has 0 atom stereocenters. The predicted molar refractivity (Wildman–Crippen MR) is 260 cm³/mol. The number of fused-ring (bicyclic) bond motifs is 5. The van der Waals surface area contributed by atoms with Crippen molar-refractivity contribution in [2.75, 3.05) is 0 Å². The zero-order valence-electron chi connectivity index (χ0n) is 34.1. The van der Waals surface area contributed by atoms with Crippen molar-refractivity contribution in [3.05, 3.63) is 224 Å². The van der Waals surface area contributed by atoms with Crippen molar-refractivity contribution in [2.45, 2.75) is 0 Å². The molecule has 0 aliphatic carbocycles. The van der Waals surface area contributed by atoms with Gasteiger partial charge in [-0.1, -0.05) is 194 Å². The van der Waals surface area contributed by atoms with Crippen LogP contribution in [0.3, 0.4) is 0 Å². The lowest BCUT2D eigenvalue weighted by molar-refractivity contribution is 0.669. The molecule has 63 heavy (non-hydrogen) atoms. The summed E-state index contributed by atoms with van der Waals surface area (Å²) in [5, 5.41) is 6.98. The second-order valence-corrected chi connectivity index (χ2v) is 15.9. The average Bonchev–Trinajstić information content (AvgIpc) is 3.75. The minimum atomic E-state index is 0.610. The summed E-state index contributed by atoms with van der Waals surface area (Å²) in [4.78, 5) is 15.9. The second kappa shape index (κ2) is 15.2. The number of benzene rings is 10. The first kappa shape index (κ1) is 36.4. The third kappa shape index (κ3) is 6.53. The third-order valence-corrected chi connectivity index (χ3v) is 12.1. The maximum atomic E-state index is 6.21. The highest BCUT2D eigenvalue weighted by Gasteiger charge is 2.19. The Kier molecular flexibility index (Phi) is 8.79. The minimum Gasteiger partial charge on any atom is -0.456 e. The van der Waals surface area contributed by atoms with Crippen LogP contribution in [0, 0.1) is 0 Å². The molecule has 4 heteroatoms. The van der Waals surface area contributed by atoms with E-state index in [4.69, 9.17) is 19.4 Å². The highest BCUT2D eigenvalue weighted by molar-refractivity contribution is 6.13. The molecule has 294 valence electrons. The molecule has 12 rings (SSSR count). The number of aromatic nitrogens is 3. The Morgan fingerprint density at radius 3 is 1.59 bits per heavy atom. The molecule has 0 aliphatic rings. The molecule has 12 aromatic rings. The Morgan fingerprint density at radius 2 is 0.762 bits per heavy atom. The van der Waals surface area contributed by atoms with E-state index in [-0.39, 0.29) is 0 Å². The fraction of sp³-hybridized carbons (Fsp3) is 0. The monoisotopic (exact) mass is 803 g/mol. The highest BCUT2D eigenvalue weighted by Crippen LogP contribution is 2.40. The van der Waals surface area contributed by atoms with Crippen molar-refractivity contribution in [2.24, 2.45) is 0 Å².